The number of carbonyl (C=O) groups is 3. The largest absolute Gasteiger partial charge is 0.353 e. The number of allylic oxidation sites excluding steroid dienone is 2. The Hall–Kier alpha value is -1.65. The predicted molar refractivity (Wildman–Crippen MR) is 84.1 cm³/mol. The second-order valence-corrected chi connectivity index (χ2v) is 7.58. The molecular formula is C18H24N2O3. The molecule has 0 aromatic rings. The van der Waals surface area contributed by atoms with Crippen LogP contribution in [0, 0.1) is 23.7 Å². The molecule has 1 saturated heterocycles. The highest BCUT2D eigenvalue weighted by atomic mass is 16.2. The molecule has 5 nitrogen and oxygen atoms in total. The standard InChI is InChI=1S/C18H24N2O3/c21-16(19-15-10-11-5-6-12(15)9-11)7-8-20-17(22)13-3-1-2-4-14(13)18(20)23/h1-2,11-15H,3-10H2,(H,19,21)/t11-,12+,13-,14+,15+/m1/s1. The summed E-state index contributed by atoms with van der Waals surface area (Å²) in [5.41, 5.74) is 0. The minimum Gasteiger partial charge on any atom is -0.353 e. The molecule has 0 radical (unpaired) electrons. The highest BCUT2D eigenvalue weighted by Gasteiger charge is 2.47. The lowest BCUT2D eigenvalue weighted by Crippen LogP contribution is -2.41. The van der Waals surface area contributed by atoms with E-state index in [0.29, 0.717) is 24.8 Å². The van der Waals surface area contributed by atoms with Crippen LogP contribution in [0.15, 0.2) is 12.2 Å². The number of likely N-dealkylation sites (tertiary alicyclic amines) is 1. The van der Waals surface area contributed by atoms with Crippen molar-refractivity contribution in [1.82, 2.24) is 10.2 Å². The first-order chi connectivity index (χ1) is 11.1. The van der Waals surface area contributed by atoms with Crippen molar-refractivity contribution in [1.29, 1.82) is 0 Å². The summed E-state index contributed by atoms with van der Waals surface area (Å²) in [6.07, 6.45) is 10.4. The van der Waals surface area contributed by atoms with Gasteiger partial charge in [-0.05, 0) is 43.9 Å². The lowest BCUT2D eigenvalue weighted by atomic mass is 9.85. The molecule has 2 bridgehead atoms. The molecule has 124 valence electrons. The van der Waals surface area contributed by atoms with E-state index in [9.17, 15) is 14.4 Å². The van der Waals surface area contributed by atoms with Gasteiger partial charge in [0, 0.05) is 19.0 Å². The molecule has 0 spiro atoms. The van der Waals surface area contributed by atoms with Gasteiger partial charge in [0.25, 0.3) is 0 Å². The fourth-order valence-corrected chi connectivity index (χ4v) is 5.00. The molecule has 1 aliphatic heterocycles. The molecule has 0 aromatic heterocycles. The molecule has 4 rings (SSSR count). The molecule has 5 heteroatoms. The number of hydrogen-bond acceptors (Lipinski definition) is 3. The Morgan fingerprint density at radius 2 is 1.78 bits per heavy atom. The molecule has 3 amide bonds. The summed E-state index contributed by atoms with van der Waals surface area (Å²) >= 11 is 0. The Labute approximate surface area is 136 Å². The smallest absolute Gasteiger partial charge is 0.233 e. The lowest BCUT2D eigenvalue weighted by Gasteiger charge is -2.23. The molecule has 23 heavy (non-hydrogen) atoms. The zero-order valence-electron chi connectivity index (χ0n) is 13.4. The van der Waals surface area contributed by atoms with Gasteiger partial charge >= 0.3 is 0 Å². The molecule has 1 N–H and O–H groups in total. The van der Waals surface area contributed by atoms with Crippen LogP contribution in [0.5, 0.6) is 0 Å². The van der Waals surface area contributed by atoms with Crippen LogP contribution in [0.4, 0.5) is 0 Å². The monoisotopic (exact) mass is 316 g/mol. The van der Waals surface area contributed by atoms with E-state index in [1.807, 2.05) is 12.2 Å². The van der Waals surface area contributed by atoms with Gasteiger partial charge in [-0.15, -0.1) is 0 Å². The van der Waals surface area contributed by atoms with Crippen molar-refractivity contribution in [2.45, 2.75) is 51.0 Å². The third-order valence-electron chi connectivity index (χ3n) is 6.25. The van der Waals surface area contributed by atoms with Crippen molar-refractivity contribution in [3.63, 3.8) is 0 Å². The number of fused-ring (bicyclic) bond motifs is 3. The van der Waals surface area contributed by atoms with E-state index in [1.165, 1.54) is 24.2 Å². The third-order valence-corrected chi connectivity index (χ3v) is 6.25. The highest BCUT2D eigenvalue weighted by Crippen LogP contribution is 2.44. The van der Waals surface area contributed by atoms with E-state index in [4.69, 9.17) is 0 Å². The Morgan fingerprint density at radius 3 is 2.35 bits per heavy atom. The van der Waals surface area contributed by atoms with Crippen molar-refractivity contribution in [3.8, 4) is 0 Å². The van der Waals surface area contributed by atoms with Gasteiger partial charge in [-0.25, -0.2) is 0 Å². The molecular weight excluding hydrogens is 292 g/mol. The Balaban J connectivity index is 1.30. The van der Waals surface area contributed by atoms with Crippen LogP contribution in [0.25, 0.3) is 0 Å². The summed E-state index contributed by atoms with van der Waals surface area (Å²) in [6.45, 7) is 0.233. The average molecular weight is 316 g/mol. The van der Waals surface area contributed by atoms with Crippen molar-refractivity contribution >= 4 is 17.7 Å². The molecule has 3 aliphatic carbocycles. The summed E-state index contributed by atoms with van der Waals surface area (Å²) in [5.74, 6) is 0.864. The number of amides is 3. The fourth-order valence-electron chi connectivity index (χ4n) is 5.00. The van der Waals surface area contributed by atoms with Gasteiger partial charge in [-0.2, -0.15) is 0 Å². The SMILES string of the molecule is O=C(CCN1C(=O)[C@H]2CC=CC[C@H]2C1=O)N[C@H]1C[C@@H]2CC[C@H]1C2. The summed E-state index contributed by atoms with van der Waals surface area (Å²) in [6, 6.07) is 0.318. The highest BCUT2D eigenvalue weighted by molar-refractivity contribution is 6.05. The maximum absolute atomic E-state index is 12.4. The van der Waals surface area contributed by atoms with E-state index in [0.717, 1.165) is 12.3 Å². The van der Waals surface area contributed by atoms with E-state index >= 15 is 0 Å². The number of hydrogen-bond donors (Lipinski definition) is 1. The van der Waals surface area contributed by atoms with E-state index in [2.05, 4.69) is 5.32 Å². The van der Waals surface area contributed by atoms with Crippen molar-refractivity contribution in [3.05, 3.63) is 12.2 Å². The van der Waals surface area contributed by atoms with Crippen molar-refractivity contribution < 1.29 is 14.4 Å². The van der Waals surface area contributed by atoms with Crippen LogP contribution in [0.1, 0.15) is 44.9 Å². The quantitative estimate of drug-likeness (QED) is 0.633. The number of imide groups is 1. The molecule has 0 aromatic carbocycles. The van der Waals surface area contributed by atoms with Crippen LogP contribution in [0.3, 0.4) is 0 Å². The van der Waals surface area contributed by atoms with Crippen LogP contribution in [-0.2, 0) is 14.4 Å². The van der Waals surface area contributed by atoms with Gasteiger partial charge in [0.15, 0.2) is 0 Å². The topological polar surface area (TPSA) is 66.5 Å². The van der Waals surface area contributed by atoms with Gasteiger partial charge in [0.2, 0.25) is 17.7 Å². The summed E-state index contributed by atoms with van der Waals surface area (Å²) < 4.78 is 0. The summed E-state index contributed by atoms with van der Waals surface area (Å²) in [7, 11) is 0. The first-order valence-corrected chi connectivity index (χ1v) is 8.93. The van der Waals surface area contributed by atoms with E-state index < -0.39 is 0 Å². The molecule has 1 heterocycles. The first-order valence-electron chi connectivity index (χ1n) is 8.93. The number of nitrogens with one attached hydrogen (secondary N) is 1. The van der Waals surface area contributed by atoms with Crippen molar-refractivity contribution in [2.24, 2.45) is 23.7 Å². The zero-order chi connectivity index (χ0) is 16.0. The normalized spacial score (nSPS) is 38.3. The molecule has 4 aliphatic rings. The van der Waals surface area contributed by atoms with Crippen LogP contribution in [-0.4, -0.2) is 35.2 Å². The van der Waals surface area contributed by atoms with E-state index in [1.54, 1.807) is 0 Å². The number of rotatable bonds is 4. The molecule has 3 fully saturated rings. The van der Waals surface area contributed by atoms with Crippen LogP contribution in [0.2, 0.25) is 0 Å². The Morgan fingerprint density at radius 1 is 1.09 bits per heavy atom. The van der Waals surface area contributed by atoms with Crippen LogP contribution >= 0.6 is 0 Å². The molecule has 5 atom stereocenters. The summed E-state index contributed by atoms with van der Waals surface area (Å²) in [4.78, 5) is 38.2. The first kappa shape index (κ1) is 14.9. The third kappa shape index (κ3) is 2.60. The van der Waals surface area contributed by atoms with Crippen molar-refractivity contribution in [2.75, 3.05) is 6.54 Å². The zero-order valence-corrected chi connectivity index (χ0v) is 13.4. The predicted octanol–water partition coefficient (Wildman–Crippen LogP) is 1.63. The maximum atomic E-state index is 12.4. The Kier molecular flexibility index (Phi) is 3.74. The van der Waals surface area contributed by atoms with Gasteiger partial charge in [-0.1, -0.05) is 18.6 Å². The fraction of sp³-hybridized carbons (Fsp3) is 0.722. The molecule has 0 unspecified atom stereocenters. The second kappa shape index (κ2) is 5.77. The minimum atomic E-state index is -0.193. The van der Waals surface area contributed by atoms with Gasteiger partial charge in [-0.3, -0.25) is 19.3 Å². The van der Waals surface area contributed by atoms with Gasteiger partial charge < -0.3 is 5.32 Å². The Bertz CT molecular complexity index is 545. The summed E-state index contributed by atoms with van der Waals surface area (Å²) in [5, 5.41) is 3.13. The van der Waals surface area contributed by atoms with Gasteiger partial charge in [0.05, 0.1) is 11.8 Å². The molecule has 2 saturated carbocycles. The van der Waals surface area contributed by atoms with Crippen LogP contribution < -0.4 is 5.32 Å². The maximum Gasteiger partial charge on any atom is 0.233 e. The minimum absolute atomic E-state index is 0.0175. The van der Waals surface area contributed by atoms with E-state index in [-0.39, 0.29) is 42.5 Å². The second-order valence-electron chi connectivity index (χ2n) is 7.58. The lowest BCUT2D eigenvalue weighted by molar-refractivity contribution is -0.140. The average Bonchev–Trinajstić information content (AvgIpc) is 3.22. The van der Waals surface area contributed by atoms with Gasteiger partial charge in [0.1, 0.15) is 0 Å². The number of carbonyl (C=O) groups excluding carboxylic acids is 3. The number of nitrogens with zero attached hydrogens (tertiary/aromatic N) is 1.